The Morgan fingerprint density at radius 1 is 1.25 bits per heavy atom. The summed E-state index contributed by atoms with van der Waals surface area (Å²) in [5.41, 5.74) is 0.902. The van der Waals surface area contributed by atoms with E-state index >= 15 is 0 Å². The minimum absolute atomic E-state index is 0.752. The third-order valence-electron chi connectivity index (χ3n) is 2.38. The SMILES string of the molecule is C#CC1(C#C)C=CNC(c2ccccn2)=C1. The van der Waals surface area contributed by atoms with Gasteiger partial charge in [-0.1, -0.05) is 17.9 Å². The van der Waals surface area contributed by atoms with E-state index in [-0.39, 0.29) is 0 Å². The van der Waals surface area contributed by atoms with E-state index < -0.39 is 5.41 Å². The monoisotopic (exact) mass is 206 g/mol. The lowest BCUT2D eigenvalue weighted by atomic mass is 9.87. The lowest BCUT2D eigenvalue weighted by Crippen LogP contribution is -2.20. The fraction of sp³-hybridized carbons (Fsp3) is 0.0714. The van der Waals surface area contributed by atoms with Gasteiger partial charge in [0, 0.05) is 6.20 Å². The molecule has 0 aliphatic carbocycles. The minimum Gasteiger partial charge on any atom is -0.360 e. The number of hydrogen-bond donors (Lipinski definition) is 1. The van der Waals surface area contributed by atoms with Gasteiger partial charge in [-0.15, -0.1) is 12.8 Å². The molecule has 0 atom stereocenters. The second-order valence-corrected chi connectivity index (χ2v) is 3.41. The second-order valence-electron chi connectivity index (χ2n) is 3.41. The highest BCUT2D eigenvalue weighted by molar-refractivity contribution is 5.67. The molecule has 1 N–H and O–H groups in total. The zero-order valence-corrected chi connectivity index (χ0v) is 8.64. The van der Waals surface area contributed by atoms with E-state index in [1.807, 2.05) is 24.3 Å². The molecule has 2 heteroatoms. The quantitative estimate of drug-likeness (QED) is 0.709. The molecule has 2 heterocycles. The fourth-order valence-electron chi connectivity index (χ4n) is 1.47. The summed E-state index contributed by atoms with van der Waals surface area (Å²) in [5, 5.41) is 3.09. The molecule has 1 aliphatic heterocycles. The molecule has 0 radical (unpaired) electrons. The zero-order valence-electron chi connectivity index (χ0n) is 8.64. The number of nitrogens with zero attached hydrogens (tertiary/aromatic N) is 1. The first-order chi connectivity index (χ1) is 7.79. The summed E-state index contributed by atoms with van der Waals surface area (Å²) >= 11 is 0. The van der Waals surface area contributed by atoms with Crippen LogP contribution in [-0.2, 0) is 0 Å². The molecular formula is C14H10N2. The van der Waals surface area contributed by atoms with E-state index in [1.54, 1.807) is 18.5 Å². The lowest BCUT2D eigenvalue weighted by Gasteiger charge is -2.20. The van der Waals surface area contributed by atoms with Gasteiger partial charge in [-0.25, -0.2) is 0 Å². The lowest BCUT2D eigenvalue weighted by molar-refractivity contribution is 0.859. The maximum Gasteiger partial charge on any atom is 0.131 e. The molecule has 0 amide bonds. The van der Waals surface area contributed by atoms with Crippen LogP contribution in [0.1, 0.15) is 5.69 Å². The summed E-state index contributed by atoms with van der Waals surface area (Å²) in [4.78, 5) is 4.23. The largest absolute Gasteiger partial charge is 0.360 e. The van der Waals surface area contributed by atoms with Crippen LogP contribution in [0, 0.1) is 30.1 Å². The van der Waals surface area contributed by atoms with Gasteiger partial charge in [0.25, 0.3) is 0 Å². The molecule has 16 heavy (non-hydrogen) atoms. The minimum atomic E-state index is -0.752. The number of allylic oxidation sites excluding steroid dienone is 2. The molecule has 0 bridgehead atoms. The zero-order chi connectivity index (χ0) is 11.4. The van der Waals surface area contributed by atoms with Crippen molar-refractivity contribution in [1.29, 1.82) is 0 Å². The maximum atomic E-state index is 5.45. The van der Waals surface area contributed by atoms with Crippen LogP contribution in [0.5, 0.6) is 0 Å². The molecule has 1 aromatic heterocycles. The van der Waals surface area contributed by atoms with Crippen molar-refractivity contribution in [3.8, 4) is 24.7 Å². The van der Waals surface area contributed by atoms with E-state index in [2.05, 4.69) is 22.1 Å². The van der Waals surface area contributed by atoms with Crippen LogP contribution < -0.4 is 5.32 Å². The molecule has 0 aromatic carbocycles. The highest BCUT2D eigenvalue weighted by Gasteiger charge is 2.22. The van der Waals surface area contributed by atoms with Crippen molar-refractivity contribution in [3.05, 3.63) is 48.4 Å². The molecule has 2 nitrogen and oxygen atoms in total. The molecule has 76 valence electrons. The van der Waals surface area contributed by atoms with Crippen LogP contribution >= 0.6 is 0 Å². The number of dihydropyridines is 1. The van der Waals surface area contributed by atoms with Gasteiger partial charge in [-0.2, -0.15) is 0 Å². The second kappa shape index (κ2) is 3.96. The van der Waals surface area contributed by atoms with Gasteiger partial charge in [0.15, 0.2) is 0 Å². The van der Waals surface area contributed by atoms with Gasteiger partial charge in [0.05, 0.1) is 11.4 Å². The number of terminal acetylenes is 2. The van der Waals surface area contributed by atoms with Crippen molar-refractivity contribution >= 4 is 5.70 Å². The van der Waals surface area contributed by atoms with E-state index in [1.165, 1.54) is 0 Å². The first-order valence-electron chi connectivity index (χ1n) is 4.84. The predicted octanol–water partition coefficient (Wildman–Crippen LogP) is 1.79. The van der Waals surface area contributed by atoms with Crippen LogP contribution in [0.3, 0.4) is 0 Å². The maximum absolute atomic E-state index is 5.45. The number of rotatable bonds is 1. The predicted molar refractivity (Wildman–Crippen MR) is 64.6 cm³/mol. The fourth-order valence-corrected chi connectivity index (χ4v) is 1.47. The average molecular weight is 206 g/mol. The van der Waals surface area contributed by atoms with Gasteiger partial charge in [0.1, 0.15) is 5.41 Å². The van der Waals surface area contributed by atoms with Crippen molar-refractivity contribution in [2.75, 3.05) is 0 Å². The third-order valence-corrected chi connectivity index (χ3v) is 2.38. The summed E-state index contributed by atoms with van der Waals surface area (Å²) < 4.78 is 0. The Balaban J connectivity index is 2.44. The van der Waals surface area contributed by atoms with Crippen LogP contribution in [0.2, 0.25) is 0 Å². The van der Waals surface area contributed by atoms with E-state index in [0.29, 0.717) is 0 Å². The molecule has 0 spiro atoms. The van der Waals surface area contributed by atoms with Gasteiger partial charge < -0.3 is 5.32 Å². The molecule has 1 aromatic rings. The van der Waals surface area contributed by atoms with E-state index in [0.717, 1.165) is 11.4 Å². The first kappa shape index (κ1) is 10.1. The van der Waals surface area contributed by atoms with Crippen molar-refractivity contribution in [1.82, 2.24) is 10.3 Å². The van der Waals surface area contributed by atoms with Gasteiger partial charge in [-0.05, 0) is 30.5 Å². The van der Waals surface area contributed by atoms with Gasteiger partial charge in [0.2, 0.25) is 0 Å². The highest BCUT2D eigenvalue weighted by Crippen LogP contribution is 2.26. The molecule has 0 saturated carbocycles. The smallest absolute Gasteiger partial charge is 0.131 e. The van der Waals surface area contributed by atoms with Crippen LogP contribution in [0.15, 0.2) is 42.7 Å². The Kier molecular flexibility index (Phi) is 2.50. The van der Waals surface area contributed by atoms with E-state index in [4.69, 9.17) is 12.8 Å². The standard InChI is InChI=1S/C14H10N2/c1-3-14(4-2)8-10-16-13(11-14)12-7-5-6-9-15-12/h1-2,5-11,16H. The molecule has 0 fully saturated rings. The van der Waals surface area contributed by atoms with Crippen molar-refractivity contribution in [3.63, 3.8) is 0 Å². The number of aromatic nitrogens is 1. The Morgan fingerprint density at radius 3 is 2.69 bits per heavy atom. The van der Waals surface area contributed by atoms with Crippen LogP contribution in [0.4, 0.5) is 0 Å². The Bertz CT molecular complexity index is 510. The molecule has 1 aliphatic rings. The number of nitrogens with one attached hydrogen (secondary N) is 1. The summed E-state index contributed by atoms with van der Waals surface area (Å²) in [7, 11) is 0. The van der Waals surface area contributed by atoms with Crippen molar-refractivity contribution in [2.24, 2.45) is 5.41 Å². The molecule has 0 saturated heterocycles. The third kappa shape index (κ3) is 1.69. The van der Waals surface area contributed by atoms with Crippen LogP contribution in [-0.4, -0.2) is 4.98 Å². The topological polar surface area (TPSA) is 24.9 Å². The Hall–Kier alpha value is -2.45. The van der Waals surface area contributed by atoms with Crippen LogP contribution in [0.25, 0.3) is 5.70 Å². The van der Waals surface area contributed by atoms with Crippen molar-refractivity contribution < 1.29 is 0 Å². The Morgan fingerprint density at radius 2 is 2.06 bits per heavy atom. The Labute approximate surface area is 95.1 Å². The van der Waals surface area contributed by atoms with Gasteiger partial charge >= 0.3 is 0 Å². The first-order valence-corrected chi connectivity index (χ1v) is 4.84. The average Bonchev–Trinajstić information content (AvgIpc) is 2.40. The van der Waals surface area contributed by atoms with Crippen molar-refractivity contribution in [2.45, 2.75) is 0 Å². The summed E-state index contributed by atoms with van der Waals surface area (Å²) in [6, 6.07) is 5.67. The summed E-state index contributed by atoms with van der Waals surface area (Å²) in [5.74, 6) is 5.20. The molecular weight excluding hydrogens is 196 g/mol. The molecule has 0 unspecified atom stereocenters. The molecule has 2 rings (SSSR count). The van der Waals surface area contributed by atoms with Gasteiger partial charge in [-0.3, -0.25) is 4.98 Å². The normalized spacial score (nSPS) is 16.5. The van der Waals surface area contributed by atoms with E-state index in [9.17, 15) is 0 Å². The summed E-state index contributed by atoms with van der Waals surface area (Å²) in [6.07, 6.45) is 18.0. The number of hydrogen-bond acceptors (Lipinski definition) is 2. The number of pyridine rings is 1. The highest BCUT2D eigenvalue weighted by atomic mass is 14.9. The summed E-state index contributed by atoms with van der Waals surface area (Å²) in [6.45, 7) is 0.